The Balaban J connectivity index is 1.89. The normalized spacial score (nSPS) is 12.1. The molecule has 2 heterocycles. The van der Waals surface area contributed by atoms with Gasteiger partial charge in [0, 0.05) is 6.42 Å². The minimum Gasteiger partial charge on any atom is -0.476 e. The number of aromatic nitrogens is 1. The summed E-state index contributed by atoms with van der Waals surface area (Å²) < 4.78 is 16.2. The van der Waals surface area contributed by atoms with E-state index in [1.165, 1.54) is 13.0 Å². The van der Waals surface area contributed by atoms with Crippen LogP contribution in [-0.4, -0.2) is 29.5 Å². The highest BCUT2D eigenvalue weighted by molar-refractivity contribution is 6.61. The van der Waals surface area contributed by atoms with Crippen LogP contribution in [0.5, 0.6) is 17.5 Å². The van der Waals surface area contributed by atoms with Crippen molar-refractivity contribution in [1.29, 1.82) is 10.5 Å². The van der Waals surface area contributed by atoms with E-state index in [4.69, 9.17) is 14.1 Å². The summed E-state index contributed by atoms with van der Waals surface area (Å²) in [5, 5.41) is 28.2. The first-order valence-electron chi connectivity index (χ1n) is 8.09. The number of ether oxygens (including phenoxy) is 2. The minimum absolute atomic E-state index is 0.00679. The van der Waals surface area contributed by atoms with Crippen molar-refractivity contribution in [3.8, 4) is 29.6 Å². The van der Waals surface area contributed by atoms with Crippen LogP contribution in [0.3, 0.4) is 0 Å². The molecule has 27 heavy (non-hydrogen) atoms. The average Bonchev–Trinajstić information content (AvgIpc) is 3.02. The van der Waals surface area contributed by atoms with Crippen molar-refractivity contribution >= 4 is 18.4 Å². The molecule has 0 aliphatic carbocycles. The Morgan fingerprint density at radius 1 is 1.30 bits per heavy atom. The van der Waals surface area contributed by atoms with Crippen molar-refractivity contribution in [2.24, 2.45) is 0 Å². The van der Waals surface area contributed by atoms with Gasteiger partial charge in [-0.05, 0) is 36.1 Å². The molecule has 0 fully saturated rings. The van der Waals surface area contributed by atoms with Gasteiger partial charge in [-0.3, -0.25) is 4.79 Å². The molecule has 0 unspecified atom stereocenters. The first-order valence-corrected chi connectivity index (χ1v) is 8.09. The number of hydrogen-bond donors (Lipinski definition) is 1. The van der Waals surface area contributed by atoms with E-state index in [0.29, 0.717) is 11.2 Å². The topological polar surface area (TPSA) is 125 Å². The third-order valence-corrected chi connectivity index (χ3v) is 3.88. The van der Waals surface area contributed by atoms with Crippen molar-refractivity contribution in [3.05, 3.63) is 41.0 Å². The number of Topliss-reactive ketones (excluding diaryl/α,β-unsaturated/α-hetero) is 1. The van der Waals surface area contributed by atoms with Gasteiger partial charge in [0.05, 0.1) is 13.2 Å². The van der Waals surface area contributed by atoms with Crippen LogP contribution >= 0.6 is 0 Å². The fraction of sp³-hybridized carbons (Fsp3) is 0.222. The van der Waals surface area contributed by atoms with E-state index in [1.807, 2.05) is 12.1 Å². The summed E-state index contributed by atoms with van der Waals surface area (Å²) in [5.41, 5.74) is 1.57. The van der Waals surface area contributed by atoms with Gasteiger partial charge in [0.25, 0.3) is 0 Å². The van der Waals surface area contributed by atoms with Gasteiger partial charge in [-0.2, -0.15) is 15.5 Å². The molecule has 8 nitrogen and oxygen atoms in total. The van der Waals surface area contributed by atoms with Crippen LogP contribution in [0.4, 0.5) is 0 Å². The predicted octanol–water partition coefficient (Wildman–Crippen LogP) is 1.19. The quantitative estimate of drug-likeness (QED) is 0.759. The van der Waals surface area contributed by atoms with E-state index < -0.39 is 7.12 Å². The highest BCUT2D eigenvalue weighted by atomic mass is 16.5. The number of carbonyl (C=O) groups excluding carboxylic acids is 1. The van der Waals surface area contributed by atoms with E-state index in [0.717, 1.165) is 5.56 Å². The van der Waals surface area contributed by atoms with Crippen LogP contribution in [0.15, 0.2) is 24.3 Å². The fourth-order valence-electron chi connectivity index (χ4n) is 2.50. The number of ketones is 1. The molecule has 0 amide bonds. The second-order valence-electron chi connectivity index (χ2n) is 5.84. The molecule has 134 valence electrons. The van der Waals surface area contributed by atoms with Crippen molar-refractivity contribution in [1.82, 2.24) is 4.98 Å². The van der Waals surface area contributed by atoms with Crippen LogP contribution in [0.25, 0.3) is 0 Å². The zero-order valence-corrected chi connectivity index (χ0v) is 14.4. The fourth-order valence-corrected chi connectivity index (χ4v) is 2.50. The summed E-state index contributed by atoms with van der Waals surface area (Å²) in [7, 11) is -0.960. The first kappa shape index (κ1) is 18.4. The molecule has 0 spiro atoms. The molecule has 0 saturated heterocycles. The van der Waals surface area contributed by atoms with Crippen molar-refractivity contribution in [2.75, 3.05) is 6.61 Å². The Hall–Kier alpha value is -3.40. The largest absolute Gasteiger partial charge is 0.491 e. The summed E-state index contributed by atoms with van der Waals surface area (Å²) >= 11 is 0. The summed E-state index contributed by atoms with van der Waals surface area (Å²) in [4.78, 5) is 15.2. The summed E-state index contributed by atoms with van der Waals surface area (Å²) in [6, 6.07) is 10.1. The SMILES string of the molecule is CC(=O)CCOc1nc(Oc2ccc3c(c2)COB3O)c(C#N)cc1C#N. The number of carbonyl (C=O) groups is 1. The number of nitriles is 2. The number of rotatable bonds is 6. The number of pyridine rings is 1. The molecule has 1 aromatic heterocycles. The van der Waals surface area contributed by atoms with Gasteiger partial charge < -0.3 is 19.2 Å². The summed E-state index contributed by atoms with van der Waals surface area (Å²) in [6.45, 7) is 1.75. The zero-order chi connectivity index (χ0) is 19.4. The molecule has 0 radical (unpaired) electrons. The van der Waals surface area contributed by atoms with Crippen molar-refractivity contribution in [2.45, 2.75) is 20.0 Å². The van der Waals surface area contributed by atoms with Gasteiger partial charge in [-0.15, -0.1) is 0 Å². The van der Waals surface area contributed by atoms with Crippen LogP contribution in [-0.2, 0) is 16.1 Å². The highest BCUT2D eigenvalue weighted by Gasteiger charge is 2.27. The van der Waals surface area contributed by atoms with Gasteiger partial charge in [0.2, 0.25) is 11.8 Å². The van der Waals surface area contributed by atoms with Crippen LogP contribution in [0.1, 0.15) is 30.0 Å². The lowest BCUT2D eigenvalue weighted by atomic mass is 9.80. The predicted molar refractivity (Wildman–Crippen MR) is 93.4 cm³/mol. The van der Waals surface area contributed by atoms with Gasteiger partial charge >= 0.3 is 7.12 Å². The first-order chi connectivity index (χ1) is 13.0. The lowest BCUT2D eigenvalue weighted by Gasteiger charge is -2.11. The lowest BCUT2D eigenvalue weighted by molar-refractivity contribution is -0.117. The average molecular weight is 363 g/mol. The third kappa shape index (κ3) is 4.06. The standard InChI is InChI=1S/C18H14BN3O5/c1-11(23)4-5-25-17-12(8-20)6-13(9-21)18(22-17)27-15-2-3-16-14(7-15)10-26-19(16)24/h2-3,6-7,24H,4-5,10H2,1H3. The van der Waals surface area contributed by atoms with Gasteiger partial charge in [-0.1, -0.05) is 6.07 Å². The van der Waals surface area contributed by atoms with Crippen LogP contribution < -0.4 is 14.9 Å². The van der Waals surface area contributed by atoms with Crippen molar-refractivity contribution in [3.63, 3.8) is 0 Å². The highest BCUT2D eigenvalue weighted by Crippen LogP contribution is 2.29. The Kier molecular flexibility index (Phi) is 5.37. The van der Waals surface area contributed by atoms with Crippen LogP contribution in [0.2, 0.25) is 0 Å². The summed E-state index contributed by atoms with van der Waals surface area (Å²) in [6.07, 6.45) is 0.176. The van der Waals surface area contributed by atoms with E-state index in [-0.39, 0.29) is 48.3 Å². The maximum absolute atomic E-state index is 11.1. The van der Waals surface area contributed by atoms with Gasteiger partial charge in [0.15, 0.2) is 0 Å². The molecule has 0 atom stereocenters. The van der Waals surface area contributed by atoms with Gasteiger partial charge in [0.1, 0.15) is 34.8 Å². The molecule has 2 aromatic rings. The Morgan fingerprint density at radius 2 is 2.04 bits per heavy atom. The smallest absolute Gasteiger partial charge is 0.476 e. The van der Waals surface area contributed by atoms with E-state index in [1.54, 1.807) is 18.2 Å². The second-order valence-corrected chi connectivity index (χ2v) is 5.84. The van der Waals surface area contributed by atoms with E-state index in [2.05, 4.69) is 4.98 Å². The molecule has 1 N–H and O–H groups in total. The third-order valence-electron chi connectivity index (χ3n) is 3.88. The molecule has 1 aliphatic heterocycles. The van der Waals surface area contributed by atoms with E-state index >= 15 is 0 Å². The summed E-state index contributed by atoms with van der Waals surface area (Å²) in [5.74, 6) is 0.317. The molecule has 0 bridgehead atoms. The number of nitrogens with zero attached hydrogens (tertiary/aromatic N) is 3. The Morgan fingerprint density at radius 3 is 2.74 bits per heavy atom. The molecule has 9 heteroatoms. The minimum atomic E-state index is -0.960. The molecule has 1 aromatic carbocycles. The Labute approximate surface area is 155 Å². The number of fused-ring (bicyclic) bond motifs is 1. The molecule has 3 rings (SSSR count). The monoisotopic (exact) mass is 363 g/mol. The molecular formula is C18H14BN3O5. The lowest BCUT2D eigenvalue weighted by Crippen LogP contribution is -2.27. The second kappa shape index (κ2) is 7.87. The number of hydrogen-bond acceptors (Lipinski definition) is 8. The molecule has 1 aliphatic rings. The molecule has 0 saturated carbocycles. The van der Waals surface area contributed by atoms with Crippen LogP contribution in [0, 0.1) is 22.7 Å². The maximum atomic E-state index is 11.1. The number of benzene rings is 1. The molecular weight excluding hydrogens is 349 g/mol. The van der Waals surface area contributed by atoms with Gasteiger partial charge in [-0.25, -0.2) is 0 Å². The van der Waals surface area contributed by atoms with E-state index in [9.17, 15) is 20.3 Å². The Bertz CT molecular complexity index is 980. The zero-order valence-electron chi connectivity index (χ0n) is 14.4. The maximum Gasteiger partial charge on any atom is 0.491 e. The van der Waals surface area contributed by atoms with Crippen molar-refractivity contribution < 1.29 is 23.9 Å².